The van der Waals surface area contributed by atoms with E-state index >= 15 is 0 Å². The molecule has 132 valence electrons. The number of aryl methyl sites for hydroxylation is 3. The van der Waals surface area contributed by atoms with Crippen molar-refractivity contribution in [3.63, 3.8) is 0 Å². The van der Waals surface area contributed by atoms with Gasteiger partial charge in [-0.25, -0.2) is 4.98 Å². The molecule has 0 radical (unpaired) electrons. The summed E-state index contributed by atoms with van der Waals surface area (Å²) in [5.74, 6) is -0.0947. The van der Waals surface area contributed by atoms with Crippen LogP contribution in [0.2, 0.25) is 0 Å². The summed E-state index contributed by atoms with van der Waals surface area (Å²) in [7, 11) is 0. The fourth-order valence-electron chi connectivity index (χ4n) is 3.09. The molecule has 5 nitrogen and oxygen atoms in total. The van der Waals surface area contributed by atoms with Crippen LogP contribution in [-0.4, -0.2) is 21.1 Å². The number of anilines is 1. The lowest BCUT2D eigenvalue weighted by Crippen LogP contribution is -2.25. The summed E-state index contributed by atoms with van der Waals surface area (Å²) in [5, 5.41) is 3.16. The van der Waals surface area contributed by atoms with Crippen LogP contribution in [0.3, 0.4) is 0 Å². The first-order chi connectivity index (χ1) is 12.0. The molecular formula is C19H23N3O2S. The van der Waals surface area contributed by atoms with E-state index in [4.69, 9.17) is 0 Å². The molecule has 1 unspecified atom stereocenters. The molecule has 2 aromatic rings. The number of H-pyrrole nitrogens is 1. The van der Waals surface area contributed by atoms with Crippen molar-refractivity contribution in [2.24, 2.45) is 0 Å². The second-order valence-electron chi connectivity index (χ2n) is 6.52. The van der Waals surface area contributed by atoms with E-state index in [2.05, 4.69) is 15.3 Å². The molecule has 0 bridgehead atoms. The van der Waals surface area contributed by atoms with Crippen LogP contribution in [0.15, 0.2) is 28.2 Å². The van der Waals surface area contributed by atoms with Gasteiger partial charge in [-0.3, -0.25) is 9.59 Å². The molecule has 0 saturated heterocycles. The molecule has 1 aliphatic carbocycles. The lowest BCUT2D eigenvalue weighted by molar-refractivity contribution is -0.115. The predicted molar refractivity (Wildman–Crippen MR) is 101 cm³/mol. The summed E-state index contributed by atoms with van der Waals surface area (Å²) in [4.78, 5) is 32.1. The first kappa shape index (κ1) is 17.7. The molecule has 0 fully saturated rings. The van der Waals surface area contributed by atoms with Gasteiger partial charge in [-0.15, -0.1) is 0 Å². The number of carbonyl (C=O) groups excluding carboxylic acids is 1. The van der Waals surface area contributed by atoms with Gasteiger partial charge in [0, 0.05) is 11.3 Å². The van der Waals surface area contributed by atoms with Crippen molar-refractivity contribution in [3.8, 4) is 0 Å². The van der Waals surface area contributed by atoms with Crippen molar-refractivity contribution < 1.29 is 4.79 Å². The molecular weight excluding hydrogens is 334 g/mol. The Morgan fingerprint density at radius 3 is 2.64 bits per heavy atom. The normalized spacial score (nSPS) is 14.7. The van der Waals surface area contributed by atoms with Gasteiger partial charge < -0.3 is 10.3 Å². The highest BCUT2D eigenvalue weighted by Gasteiger charge is 2.20. The number of hydrogen-bond donors (Lipinski definition) is 2. The van der Waals surface area contributed by atoms with E-state index in [1.807, 2.05) is 39.0 Å². The van der Waals surface area contributed by atoms with Gasteiger partial charge in [0.15, 0.2) is 5.16 Å². The summed E-state index contributed by atoms with van der Waals surface area (Å²) >= 11 is 1.29. The van der Waals surface area contributed by atoms with Crippen molar-refractivity contribution in [1.29, 1.82) is 0 Å². The Morgan fingerprint density at radius 2 is 1.92 bits per heavy atom. The van der Waals surface area contributed by atoms with Gasteiger partial charge in [0.25, 0.3) is 5.56 Å². The van der Waals surface area contributed by atoms with Crippen LogP contribution in [-0.2, 0) is 17.6 Å². The number of nitrogens with one attached hydrogen (secondary N) is 2. The van der Waals surface area contributed by atoms with Crippen molar-refractivity contribution >= 4 is 23.4 Å². The zero-order chi connectivity index (χ0) is 18.0. The second kappa shape index (κ2) is 7.44. The largest absolute Gasteiger partial charge is 0.325 e. The number of amides is 1. The molecule has 25 heavy (non-hydrogen) atoms. The van der Waals surface area contributed by atoms with Gasteiger partial charge >= 0.3 is 0 Å². The molecule has 6 heteroatoms. The maximum absolute atomic E-state index is 12.5. The lowest BCUT2D eigenvalue weighted by atomic mass is 9.97. The number of rotatable bonds is 4. The van der Waals surface area contributed by atoms with Crippen LogP contribution in [0.25, 0.3) is 0 Å². The molecule has 0 saturated carbocycles. The van der Waals surface area contributed by atoms with E-state index in [0.29, 0.717) is 5.16 Å². The van der Waals surface area contributed by atoms with Gasteiger partial charge in [-0.05, 0) is 57.6 Å². The van der Waals surface area contributed by atoms with E-state index in [1.54, 1.807) is 0 Å². The van der Waals surface area contributed by atoms with Gasteiger partial charge in [-0.2, -0.15) is 0 Å². The molecule has 3 rings (SSSR count). The molecule has 1 amide bonds. The maximum atomic E-state index is 12.5. The highest BCUT2D eigenvalue weighted by molar-refractivity contribution is 8.00. The number of carbonyl (C=O) groups is 1. The van der Waals surface area contributed by atoms with Crippen LogP contribution in [0.5, 0.6) is 0 Å². The van der Waals surface area contributed by atoms with Crippen LogP contribution < -0.4 is 10.9 Å². The smallest absolute Gasteiger partial charge is 0.254 e. The topological polar surface area (TPSA) is 74.8 Å². The van der Waals surface area contributed by atoms with Gasteiger partial charge in [0.05, 0.1) is 10.9 Å². The van der Waals surface area contributed by atoms with Gasteiger partial charge in [0.2, 0.25) is 5.91 Å². The quantitative estimate of drug-likeness (QED) is 0.650. The second-order valence-corrected chi connectivity index (χ2v) is 7.85. The molecule has 1 aromatic heterocycles. The van der Waals surface area contributed by atoms with E-state index in [0.717, 1.165) is 53.8 Å². The highest BCUT2D eigenvalue weighted by atomic mass is 32.2. The standard InChI is InChI=1S/C19H23N3O2S/c1-11-7-6-8-12(2)16(11)21-17(23)13(3)25-19-20-15-10-5-4-9-14(15)18(24)22-19/h6-8,13H,4-5,9-10H2,1-3H3,(H,21,23)(H,20,22,24). The molecule has 0 aliphatic heterocycles. The molecule has 1 atom stereocenters. The summed E-state index contributed by atoms with van der Waals surface area (Å²) in [5.41, 5.74) is 4.56. The van der Waals surface area contributed by atoms with Crippen LogP contribution in [0, 0.1) is 13.8 Å². The summed E-state index contributed by atoms with van der Waals surface area (Å²) in [6, 6.07) is 5.92. The minimum atomic E-state index is -0.358. The minimum Gasteiger partial charge on any atom is -0.325 e. The molecule has 2 N–H and O–H groups in total. The lowest BCUT2D eigenvalue weighted by Gasteiger charge is -2.17. The molecule has 1 aromatic carbocycles. The zero-order valence-corrected chi connectivity index (χ0v) is 15.6. The van der Waals surface area contributed by atoms with Crippen molar-refractivity contribution in [2.45, 2.75) is 56.9 Å². The van der Waals surface area contributed by atoms with Crippen molar-refractivity contribution in [2.75, 3.05) is 5.32 Å². The Hall–Kier alpha value is -2.08. The minimum absolute atomic E-state index is 0.0606. The van der Waals surface area contributed by atoms with Crippen molar-refractivity contribution in [3.05, 3.63) is 50.9 Å². The Kier molecular flexibility index (Phi) is 5.27. The summed E-state index contributed by atoms with van der Waals surface area (Å²) < 4.78 is 0. The Labute approximate surface area is 151 Å². The number of para-hydroxylation sites is 1. The fraction of sp³-hybridized carbons (Fsp3) is 0.421. The van der Waals surface area contributed by atoms with Gasteiger partial charge in [0.1, 0.15) is 0 Å². The highest BCUT2D eigenvalue weighted by Crippen LogP contribution is 2.25. The number of hydrogen-bond acceptors (Lipinski definition) is 4. The molecule has 1 aliphatic rings. The van der Waals surface area contributed by atoms with Crippen LogP contribution >= 0.6 is 11.8 Å². The number of fused-ring (bicyclic) bond motifs is 1. The number of aromatic nitrogens is 2. The average Bonchev–Trinajstić information content (AvgIpc) is 2.58. The van der Waals surface area contributed by atoms with E-state index in [1.165, 1.54) is 11.8 Å². The monoisotopic (exact) mass is 357 g/mol. The number of benzene rings is 1. The van der Waals surface area contributed by atoms with Crippen LogP contribution in [0.1, 0.15) is 42.1 Å². The van der Waals surface area contributed by atoms with E-state index in [9.17, 15) is 9.59 Å². The first-order valence-corrected chi connectivity index (χ1v) is 9.49. The van der Waals surface area contributed by atoms with Crippen LogP contribution in [0.4, 0.5) is 5.69 Å². The van der Waals surface area contributed by atoms with Crippen molar-refractivity contribution in [1.82, 2.24) is 9.97 Å². The fourth-order valence-corrected chi connectivity index (χ4v) is 3.91. The summed E-state index contributed by atoms with van der Waals surface area (Å²) in [6.45, 7) is 5.78. The third-order valence-electron chi connectivity index (χ3n) is 4.56. The van der Waals surface area contributed by atoms with E-state index < -0.39 is 0 Å². The number of aromatic amines is 1. The summed E-state index contributed by atoms with van der Waals surface area (Å²) in [6.07, 6.45) is 3.75. The third kappa shape index (κ3) is 3.95. The Balaban J connectivity index is 1.74. The van der Waals surface area contributed by atoms with E-state index in [-0.39, 0.29) is 16.7 Å². The number of nitrogens with zero attached hydrogens (tertiary/aromatic N) is 1. The maximum Gasteiger partial charge on any atom is 0.254 e. The Morgan fingerprint density at radius 1 is 1.24 bits per heavy atom. The molecule has 1 heterocycles. The average molecular weight is 357 g/mol. The predicted octanol–water partition coefficient (Wildman–Crippen LogP) is 3.38. The van der Waals surface area contributed by atoms with Gasteiger partial charge in [-0.1, -0.05) is 30.0 Å². The molecule has 0 spiro atoms. The SMILES string of the molecule is Cc1cccc(C)c1NC(=O)C(C)Sc1nc2c(c(=O)[nH]1)CCCC2. The first-order valence-electron chi connectivity index (χ1n) is 8.61. The third-order valence-corrected chi connectivity index (χ3v) is 5.54. The number of thioether (sulfide) groups is 1. The Bertz CT molecular complexity index is 840. The zero-order valence-electron chi connectivity index (χ0n) is 14.8.